The van der Waals surface area contributed by atoms with Crippen LogP contribution in [-0.2, 0) is 4.74 Å². The summed E-state index contributed by atoms with van der Waals surface area (Å²) >= 11 is 0. The van der Waals surface area contributed by atoms with Crippen molar-refractivity contribution in [1.82, 2.24) is 24.8 Å². The lowest BCUT2D eigenvalue weighted by atomic mass is 9.86. The van der Waals surface area contributed by atoms with Crippen LogP contribution in [0.1, 0.15) is 37.9 Å². The number of halogens is 2. The van der Waals surface area contributed by atoms with Crippen molar-refractivity contribution in [3.05, 3.63) is 36.2 Å². The number of alkyl halides is 2. The van der Waals surface area contributed by atoms with E-state index < -0.39 is 6.43 Å². The molecule has 1 aliphatic carbocycles. The molecule has 2 fully saturated rings. The number of ether oxygens (including phenoxy) is 1. The molecule has 11 heteroatoms. The minimum atomic E-state index is -2.77. The van der Waals surface area contributed by atoms with E-state index >= 15 is 0 Å². The first kappa shape index (κ1) is 24.8. The van der Waals surface area contributed by atoms with Crippen LogP contribution in [0.5, 0.6) is 0 Å². The number of aliphatic hydroxyl groups is 1. The molecule has 3 N–H and O–H groups in total. The van der Waals surface area contributed by atoms with Crippen molar-refractivity contribution in [1.29, 1.82) is 0 Å². The van der Waals surface area contributed by atoms with Crippen LogP contribution in [0.3, 0.4) is 0 Å². The van der Waals surface area contributed by atoms with Gasteiger partial charge in [0.25, 0.3) is 6.43 Å². The number of para-hydroxylation sites is 2. The fourth-order valence-corrected chi connectivity index (χ4v) is 5.19. The molecule has 3 heterocycles. The van der Waals surface area contributed by atoms with Gasteiger partial charge in [0.2, 0.25) is 5.95 Å². The van der Waals surface area contributed by atoms with E-state index in [4.69, 9.17) is 9.72 Å². The Kier molecular flexibility index (Phi) is 7.59. The van der Waals surface area contributed by atoms with Crippen molar-refractivity contribution in [2.45, 2.75) is 44.2 Å². The predicted octanol–water partition coefficient (Wildman–Crippen LogP) is 3.14. The smallest absolute Gasteiger partial charge is 0.296 e. The van der Waals surface area contributed by atoms with Crippen LogP contribution in [0, 0.1) is 5.92 Å². The van der Waals surface area contributed by atoms with Gasteiger partial charge >= 0.3 is 0 Å². The Hall–Kier alpha value is -2.89. The van der Waals surface area contributed by atoms with Crippen LogP contribution in [0.25, 0.3) is 16.9 Å². The van der Waals surface area contributed by atoms with Crippen molar-refractivity contribution >= 4 is 22.8 Å². The third-order valence-electron chi connectivity index (χ3n) is 7.25. The summed E-state index contributed by atoms with van der Waals surface area (Å²) in [7, 11) is 2.00. The molecule has 9 nitrogen and oxygen atoms in total. The number of morpholine rings is 1. The van der Waals surface area contributed by atoms with Crippen molar-refractivity contribution < 1.29 is 18.6 Å². The second kappa shape index (κ2) is 11.0. The number of imidazole rings is 1. The van der Waals surface area contributed by atoms with Gasteiger partial charge in [0.15, 0.2) is 5.82 Å². The van der Waals surface area contributed by atoms with Crippen LogP contribution in [-0.4, -0.2) is 76.7 Å². The maximum absolute atomic E-state index is 14.1. The molecule has 2 aromatic heterocycles. The summed E-state index contributed by atoms with van der Waals surface area (Å²) in [5, 5.41) is 16.6. The molecular formula is C25H33F2N7O2. The molecular weight excluding hydrogens is 468 g/mol. The first-order valence-corrected chi connectivity index (χ1v) is 12.6. The molecule has 5 rings (SSSR count). The molecule has 1 aliphatic heterocycles. The van der Waals surface area contributed by atoms with Gasteiger partial charge < -0.3 is 25.4 Å². The Balaban J connectivity index is 1.52. The predicted molar refractivity (Wildman–Crippen MR) is 134 cm³/mol. The lowest BCUT2D eigenvalue weighted by molar-refractivity contribution is 0.0723. The maximum Gasteiger partial charge on any atom is 0.296 e. The van der Waals surface area contributed by atoms with E-state index in [-0.39, 0.29) is 18.5 Å². The number of hydrogen-bond donors (Lipinski definition) is 3. The van der Waals surface area contributed by atoms with Crippen LogP contribution in [0.15, 0.2) is 30.3 Å². The number of rotatable bonds is 8. The average molecular weight is 502 g/mol. The number of nitrogens with zero attached hydrogens (tertiary/aromatic N) is 5. The third-order valence-corrected chi connectivity index (χ3v) is 7.25. The van der Waals surface area contributed by atoms with E-state index in [1.165, 1.54) is 4.57 Å². The minimum Gasteiger partial charge on any atom is -0.394 e. The van der Waals surface area contributed by atoms with Gasteiger partial charge in [-0.3, -0.25) is 4.57 Å². The Bertz CT molecular complexity index is 1170. The van der Waals surface area contributed by atoms with Gasteiger partial charge in [-0.1, -0.05) is 12.1 Å². The lowest BCUT2D eigenvalue weighted by Gasteiger charge is -2.35. The highest BCUT2D eigenvalue weighted by Gasteiger charge is 2.27. The van der Waals surface area contributed by atoms with Gasteiger partial charge in [0, 0.05) is 25.2 Å². The highest BCUT2D eigenvalue weighted by Crippen LogP contribution is 2.30. The lowest BCUT2D eigenvalue weighted by Crippen LogP contribution is -2.48. The quantitative estimate of drug-likeness (QED) is 0.433. The van der Waals surface area contributed by atoms with Crippen LogP contribution < -0.4 is 15.5 Å². The summed E-state index contributed by atoms with van der Waals surface area (Å²) in [6.45, 7) is 1.99. The number of aliphatic hydroxyl groups excluding tert-OH is 1. The Morgan fingerprint density at radius 3 is 2.64 bits per heavy atom. The van der Waals surface area contributed by atoms with E-state index in [2.05, 4.69) is 20.6 Å². The van der Waals surface area contributed by atoms with Gasteiger partial charge in [0.05, 0.1) is 36.9 Å². The van der Waals surface area contributed by atoms with Gasteiger partial charge in [-0.05, 0) is 50.8 Å². The van der Waals surface area contributed by atoms with Gasteiger partial charge in [-0.25, -0.2) is 13.8 Å². The largest absolute Gasteiger partial charge is 0.394 e. The van der Waals surface area contributed by atoms with E-state index in [1.54, 1.807) is 30.3 Å². The highest BCUT2D eigenvalue weighted by atomic mass is 19.3. The molecule has 2 aliphatic rings. The maximum atomic E-state index is 14.1. The summed E-state index contributed by atoms with van der Waals surface area (Å²) in [5.74, 6) is 1.37. The number of nitrogens with one attached hydrogen (secondary N) is 2. The third kappa shape index (κ3) is 5.14. The monoisotopic (exact) mass is 501 g/mol. The Morgan fingerprint density at radius 2 is 1.89 bits per heavy atom. The summed E-state index contributed by atoms with van der Waals surface area (Å²) in [5.41, 5.74) is 1.03. The zero-order valence-electron chi connectivity index (χ0n) is 20.4. The highest BCUT2D eigenvalue weighted by molar-refractivity contribution is 5.78. The molecule has 36 heavy (non-hydrogen) atoms. The SMILES string of the molecule is CNC1CCC(CNc2nc(N3CCOC[C@@H]3CO)cc(-n3c(C(F)F)nc4ccccc43)n2)CC1. The molecule has 0 amide bonds. The molecule has 3 aromatic rings. The fraction of sp³-hybridized carbons (Fsp3) is 0.560. The summed E-state index contributed by atoms with van der Waals surface area (Å²) in [4.78, 5) is 15.5. The Morgan fingerprint density at radius 1 is 1.11 bits per heavy atom. The number of hydrogen-bond acceptors (Lipinski definition) is 8. The fourth-order valence-electron chi connectivity index (χ4n) is 5.19. The molecule has 1 atom stereocenters. The van der Waals surface area contributed by atoms with Gasteiger partial charge in [-0.2, -0.15) is 9.97 Å². The summed E-state index contributed by atoms with van der Waals surface area (Å²) < 4.78 is 35.1. The van der Waals surface area contributed by atoms with Crippen molar-refractivity contribution in [2.75, 3.05) is 50.2 Å². The van der Waals surface area contributed by atoms with E-state index in [0.29, 0.717) is 66.9 Å². The van der Waals surface area contributed by atoms with Crippen LogP contribution >= 0.6 is 0 Å². The first-order chi connectivity index (χ1) is 17.6. The zero-order chi connectivity index (χ0) is 25.1. The molecule has 1 saturated heterocycles. The zero-order valence-corrected chi connectivity index (χ0v) is 20.4. The molecule has 1 saturated carbocycles. The molecule has 1 aromatic carbocycles. The summed E-state index contributed by atoms with van der Waals surface area (Å²) in [6.07, 6.45) is 1.67. The van der Waals surface area contributed by atoms with Gasteiger partial charge in [0.1, 0.15) is 11.6 Å². The van der Waals surface area contributed by atoms with Crippen molar-refractivity contribution in [3.8, 4) is 5.82 Å². The number of fused-ring (bicyclic) bond motifs is 1. The van der Waals surface area contributed by atoms with Crippen LogP contribution in [0.2, 0.25) is 0 Å². The second-order valence-corrected chi connectivity index (χ2v) is 9.49. The van der Waals surface area contributed by atoms with Crippen LogP contribution in [0.4, 0.5) is 20.5 Å². The molecule has 194 valence electrons. The average Bonchev–Trinajstić information content (AvgIpc) is 3.32. The van der Waals surface area contributed by atoms with Crippen molar-refractivity contribution in [2.24, 2.45) is 5.92 Å². The van der Waals surface area contributed by atoms with E-state index in [9.17, 15) is 13.9 Å². The molecule has 0 radical (unpaired) electrons. The number of anilines is 2. The number of benzene rings is 1. The minimum absolute atomic E-state index is 0.104. The molecule has 0 bridgehead atoms. The second-order valence-electron chi connectivity index (χ2n) is 9.49. The molecule has 0 unspecified atom stereocenters. The van der Waals surface area contributed by atoms with Gasteiger partial charge in [-0.15, -0.1) is 0 Å². The Labute approximate surface area is 208 Å². The summed E-state index contributed by atoms with van der Waals surface area (Å²) in [6, 6.07) is 9.01. The first-order valence-electron chi connectivity index (χ1n) is 12.6. The molecule has 0 spiro atoms. The van der Waals surface area contributed by atoms with E-state index in [1.807, 2.05) is 11.9 Å². The topological polar surface area (TPSA) is 100 Å². The normalized spacial score (nSPS) is 22.9. The standard InChI is InChI=1S/C25H33F2N7O2/c1-28-17-8-6-16(7-9-17)13-29-25-31-21(33-10-11-36-15-18(33)14-35)12-22(32-25)34-20-5-3-2-4-19(20)30-24(34)23(26)27/h2-5,12,16-18,23,28,35H,6-11,13-15H2,1H3,(H,29,31,32)/t16?,17?,18-/m0/s1. The van der Waals surface area contributed by atoms with E-state index in [0.717, 1.165) is 25.7 Å². The van der Waals surface area contributed by atoms with Crippen molar-refractivity contribution in [3.63, 3.8) is 0 Å². The number of aromatic nitrogens is 4.